The van der Waals surface area contributed by atoms with Gasteiger partial charge in [0.25, 0.3) is 0 Å². The number of H-pyrrole nitrogens is 1. The lowest BCUT2D eigenvalue weighted by atomic mass is 10.2. The van der Waals surface area contributed by atoms with Gasteiger partial charge in [0.1, 0.15) is 0 Å². The molecule has 2 aromatic rings. The van der Waals surface area contributed by atoms with E-state index in [1.807, 2.05) is 24.3 Å². The molecule has 1 N–H and O–H groups in total. The van der Waals surface area contributed by atoms with Gasteiger partial charge in [-0.3, -0.25) is 4.52 Å². The first-order valence-electron chi connectivity index (χ1n) is 3.52. The molecule has 4 heteroatoms. The first kappa shape index (κ1) is 7.32. The zero-order chi connectivity index (χ0) is 8.39. The van der Waals surface area contributed by atoms with E-state index < -0.39 is 8.69 Å². The van der Waals surface area contributed by atoms with Crippen LogP contribution in [0.25, 0.3) is 10.9 Å². The van der Waals surface area contributed by atoms with Crippen LogP contribution in [0.3, 0.4) is 0 Å². The molecule has 0 amide bonds. The Morgan fingerprint density at radius 2 is 2.17 bits per heavy atom. The Labute approximate surface area is 70.6 Å². The van der Waals surface area contributed by atoms with E-state index in [0.29, 0.717) is 5.75 Å². The molecule has 1 aromatic carbocycles. The Kier molecular flexibility index (Phi) is 1.80. The summed E-state index contributed by atoms with van der Waals surface area (Å²) < 4.78 is 15.1. The maximum Gasteiger partial charge on any atom is 0.542 e. The van der Waals surface area contributed by atoms with Crippen LogP contribution >= 0.6 is 8.69 Å². The summed E-state index contributed by atoms with van der Waals surface area (Å²) in [5, 5.41) is 0.959. The van der Waals surface area contributed by atoms with Gasteiger partial charge in [0, 0.05) is 10.9 Å². The van der Waals surface area contributed by atoms with Crippen molar-refractivity contribution in [3.05, 3.63) is 30.5 Å². The van der Waals surface area contributed by atoms with Crippen LogP contribution in [0.5, 0.6) is 5.75 Å². The SMILES string of the molecule is O=[PH+]Oc1c[nH]c2ccccc12. The standard InChI is InChI=1S/C8H7NO2P/c10-12-11-8-5-9-7-4-2-1-3-6(7)8/h1-5,9,12H/q+1. The molecule has 0 aliphatic rings. The molecule has 1 atom stereocenters. The highest BCUT2D eigenvalue weighted by molar-refractivity contribution is 7.17. The van der Waals surface area contributed by atoms with E-state index in [0.717, 1.165) is 10.9 Å². The number of hydrogen-bond donors (Lipinski definition) is 1. The Hall–Kier alpha value is -1.34. The lowest BCUT2D eigenvalue weighted by Crippen LogP contribution is -1.70. The van der Waals surface area contributed by atoms with Crippen LogP contribution in [-0.2, 0) is 4.57 Å². The third-order valence-electron chi connectivity index (χ3n) is 1.70. The number of fused-ring (bicyclic) bond motifs is 1. The fraction of sp³-hybridized carbons (Fsp3) is 0. The minimum absolute atomic E-state index is 0.638. The van der Waals surface area contributed by atoms with E-state index in [1.54, 1.807) is 6.20 Å². The molecule has 1 aromatic heterocycles. The smallest absolute Gasteiger partial charge is 0.358 e. The number of benzene rings is 1. The minimum Gasteiger partial charge on any atom is -0.358 e. The number of rotatable bonds is 2. The molecule has 1 heterocycles. The van der Waals surface area contributed by atoms with Crippen LogP contribution in [0.2, 0.25) is 0 Å². The third kappa shape index (κ3) is 1.08. The quantitative estimate of drug-likeness (QED) is 0.721. The highest BCUT2D eigenvalue weighted by Crippen LogP contribution is 2.26. The van der Waals surface area contributed by atoms with Gasteiger partial charge in [-0.05, 0) is 16.7 Å². The maximum absolute atomic E-state index is 10.2. The number of aromatic nitrogens is 1. The van der Waals surface area contributed by atoms with Crippen LogP contribution < -0.4 is 4.52 Å². The van der Waals surface area contributed by atoms with Gasteiger partial charge in [-0.15, -0.1) is 0 Å². The number of hydrogen-bond acceptors (Lipinski definition) is 2. The minimum atomic E-state index is -0.755. The van der Waals surface area contributed by atoms with E-state index in [9.17, 15) is 4.57 Å². The molecule has 0 radical (unpaired) electrons. The summed E-state index contributed by atoms with van der Waals surface area (Å²) in [5.41, 5.74) is 0.991. The zero-order valence-electron chi connectivity index (χ0n) is 6.20. The van der Waals surface area contributed by atoms with Gasteiger partial charge in [-0.2, -0.15) is 0 Å². The van der Waals surface area contributed by atoms with Gasteiger partial charge in [0.05, 0.1) is 6.20 Å². The molecule has 2 rings (SSSR count). The van der Waals surface area contributed by atoms with Crippen molar-refractivity contribution < 1.29 is 9.09 Å². The Balaban J connectivity index is 2.62. The lowest BCUT2D eigenvalue weighted by Gasteiger charge is -1.86. The summed E-state index contributed by atoms with van der Waals surface area (Å²) in [6.45, 7) is 0. The van der Waals surface area contributed by atoms with Crippen molar-refractivity contribution in [2.24, 2.45) is 0 Å². The van der Waals surface area contributed by atoms with Crippen molar-refractivity contribution in [1.29, 1.82) is 0 Å². The summed E-state index contributed by atoms with van der Waals surface area (Å²) in [6.07, 6.45) is 1.70. The molecular weight excluding hydrogens is 173 g/mol. The monoisotopic (exact) mass is 180 g/mol. The van der Waals surface area contributed by atoms with Gasteiger partial charge in [0.15, 0.2) is 0 Å². The number of para-hydroxylation sites is 1. The number of aromatic amines is 1. The fourth-order valence-electron chi connectivity index (χ4n) is 1.17. The van der Waals surface area contributed by atoms with E-state index in [4.69, 9.17) is 4.52 Å². The van der Waals surface area contributed by atoms with E-state index in [-0.39, 0.29) is 0 Å². The predicted octanol–water partition coefficient (Wildman–Crippen LogP) is 2.49. The Morgan fingerprint density at radius 1 is 1.33 bits per heavy atom. The molecule has 0 spiro atoms. The highest BCUT2D eigenvalue weighted by atomic mass is 31.1. The van der Waals surface area contributed by atoms with Crippen LogP contribution in [0, 0.1) is 0 Å². The molecule has 60 valence electrons. The highest BCUT2D eigenvalue weighted by Gasteiger charge is 2.06. The van der Waals surface area contributed by atoms with Crippen molar-refractivity contribution in [3.63, 3.8) is 0 Å². The summed E-state index contributed by atoms with van der Waals surface area (Å²) in [5.74, 6) is 0.638. The number of nitrogens with one attached hydrogen (secondary N) is 1. The molecule has 0 bridgehead atoms. The molecule has 0 saturated heterocycles. The van der Waals surface area contributed by atoms with Crippen LogP contribution in [0.4, 0.5) is 0 Å². The topological polar surface area (TPSA) is 42.1 Å². The molecule has 1 unspecified atom stereocenters. The van der Waals surface area contributed by atoms with Crippen molar-refractivity contribution in [2.75, 3.05) is 0 Å². The van der Waals surface area contributed by atoms with Crippen molar-refractivity contribution in [3.8, 4) is 5.75 Å². The second-order valence-electron chi connectivity index (χ2n) is 2.38. The van der Waals surface area contributed by atoms with Gasteiger partial charge in [0.2, 0.25) is 5.75 Å². The predicted molar refractivity (Wildman–Crippen MR) is 47.9 cm³/mol. The summed E-state index contributed by atoms with van der Waals surface area (Å²) in [4.78, 5) is 3.01. The molecule has 0 fully saturated rings. The van der Waals surface area contributed by atoms with Crippen molar-refractivity contribution in [1.82, 2.24) is 4.98 Å². The largest absolute Gasteiger partial charge is 0.542 e. The maximum atomic E-state index is 10.2. The summed E-state index contributed by atoms with van der Waals surface area (Å²) in [6, 6.07) is 7.70. The molecule has 12 heavy (non-hydrogen) atoms. The molecule has 0 aliphatic carbocycles. The van der Waals surface area contributed by atoms with Crippen LogP contribution in [-0.4, -0.2) is 4.98 Å². The molecule has 3 nitrogen and oxygen atoms in total. The average molecular weight is 180 g/mol. The second-order valence-corrected chi connectivity index (χ2v) is 2.75. The van der Waals surface area contributed by atoms with E-state index in [1.165, 1.54) is 0 Å². The lowest BCUT2D eigenvalue weighted by molar-refractivity contribution is 0.527. The van der Waals surface area contributed by atoms with E-state index >= 15 is 0 Å². The Morgan fingerprint density at radius 3 is 3.00 bits per heavy atom. The molecular formula is C8H7NO2P+. The van der Waals surface area contributed by atoms with E-state index in [2.05, 4.69) is 4.98 Å². The Bertz CT molecular complexity index is 410. The van der Waals surface area contributed by atoms with Crippen LogP contribution in [0.1, 0.15) is 0 Å². The zero-order valence-corrected chi connectivity index (χ0v) is 7.20. The van der Waals surface area contributed by atoms with Gasteiger partial charge < -0.3 is 4.98 Å². The van der Waals surface area contributed by atoms with Crippen molar-refractivity contribution in [2.45, 2.75) is 0 Å². The van der Waals surface area contributed by atoms with Crippen molar-refractivity contribution >= 4 is 19.6 Å². The summed E-state index contributed by atoms with van der Waals surface area (Å²) in [7, 11) is -0.755. The second kappa shape index (κ2) is 2.95. The first-order valence-corrected chi connectivity index (χ1v) is 4.33. The van der Waals surface area contributed by atoms with Gasteiger partial charge in [-0.1, -0.05) is 12.1 Å². The molecule has 0 saturated carbocycles. The van der Waals surface area contributed by atoms with Gasteiger partial charge >= 0.3 is 8.69 Å². The summed E-state index contributed by atoms with van der Waals surface area (Å²) >= 11 is 0. The third-order valence-corrected chi connectivity index (χ3v) is 2.01. The van der Waals surface area contributed by atoms with Crippen LogP contribution in [0.15, 0.2) is 30.5 Å². The normalized spacial score (nSPS) is 10.7. The fourth-order valence-corrected chi connectivity index (χ4v) is 1.43. The van der Waals surface area contributed by atoms with Gasteiger partial charge in [-0.25, -0.2) is 0 Å². The average Bonchev–Trinajstić information content (AvgIpc) is 2.50. The first-order chi connectivity index (χ1) is 5.92. The molecule has 0 aliphatic heterocycles.